The number of benzene rings is 2. The minimum Gasteiger partial charge on any atom is -0.478 e. The molecule has 2 aromatic carbocycles. The molecule has 18 heavy (non-hydrogen) atoms. The van der Waals surface area contributed by atoms with Crippen LogP contribution in [0, 0.1) is 5.82 Å². The molecule has 0 aliphatic heterocycles. The third-order valence-corrected chi connectivity index (χ3v) is 2.53. The van der Waals surface area contributed by atoms with Crippen LogP contribution in [0.2, 0.25) is 5.02 Å². The number of halogens is 2. The fourth-order valence-corrected chi connectivity index (χ4v) is 1.62. The molecule has 5 heteroatoms. The molecule has 0 radical (unpaired) electrons. The molecule has 2 aromatic rings. The van der Waals surface area contributed by atoms with Crippen LogP contribution in [-0.4, -0.2) is 11.1 Å². The number of carbonyl (C=O) groups is 1. The van der Waals surface area contributed by atoms with Crippen LogP contribution in [0.5, 0.6) is 11.5 Å². The molecular weight excluding hydrogens is 259 g/mol. The highest BCUT2D eigenvalue weighted by Gasteiger charge is 2.09. The Kier molecular flexibility index (Phi) is 3.48. The number of hydrogen-bond donors (Lipinski definition) is 1. The summed E-state index contributed by atoms with van der Waals surface area (Å²) in [5, 5.41) is 8.90. The van der Waals surface area contributed by atoms with E-state index < -0.39 is 5.97 Å². The molecule has 3 nitrogen and oxygen atoms in total. The van der Waals surface area contributed by atoms with Crippen LogP contribution in [0.4, 0.5) is 4.39 Å². The van der Waals surface area contributed by atoms with Gasteiger partial charge in [0.15, 0.2) is 0 Å². The Balaban J connectivity index is 2.22. The monoisotopic (exact) mass is 266 g/mol. The number of carboxylic acid groups (broad SMARTS) is 1. The zero-order valence-electron chi connectivity index (χ0n) is 9.06. The first-order valence-electron chi connectivity index (χ1n) is 5.02. The Labute approximate surface area is 107 Å². The van der Waals surface area contributed by atoms with Gasteiger partial charge in [0.05, 0.1) is 10.6 Å². The van der Waals surface area contributed by atoms with Gasteiger partial charge in [-0.2, -0.15) is 0 Å². The molecule has 0 spiro atoms. The van der Waals surface area contributed by atoms with E-state index in [1.807, 2.05) is 0 Å². The summed E-state index contributed by atoms with van der Waals surface area (Å²) in [5.41, 5.74) is 0.00289. The van der Waals surface area contributed by atoms with Crippen LogP contribution in [-0.2, 0) is 0 Å². The average molecular weight is 267 g/mol. The van der Waals surface area contributed by atoms with Crippen molar-refractivity contribution in [3.8, 4) is 11.5 Å². The SMILES string of the molecule is O=C(O)c1ccc(Oc2ccc(F)cc2)cc1Cl. The quantitative estimate of drug-likeness (QED) is 0.914. The molecular formula is C13H8ClFO3. The van der Waals surface area contributed by atoms with Crippen LogP contribution in [0.3, 0.4) is 0 Å². The standard InChI is InChI=1S/C13H8ClFO3/c14-12-7-10(5-6-11(12)13(16)17)18-9-3-1-8(15)2-4-9/h1-7H,(H,16,17). The highest BCUT2D eigenvalue weighted by molar-refractivity contribution is 6.33. The van der Waals surface area contributed by atoms with Crippen molar-refractivity contribution in [3.05, 3.63) is 58.9 Å². The lowest BCUT2D eigenvalue weighted by atomic mass is 10.2. The van der Waals surface area contributed by atoms with Crippen molar-refractivity contribution in [2.45, 2.75) is 0 Å². The maximum atomic E-state index is 12.7. The van der Waals surface area contributed by atoms with Gasteiger partial charge in [-0.05, 0) is 36.4 Å². The Hall–Kier alpha value is -2.07. The Morgan fingerprint density at radius 3 is 2.28 bits per heavy atom. The lowest BCUT2D eigenvalue weighted by Gasteiger charge is -2.07. The van der Waals surface area contributed by atoms with Gasteiger partial charge in [-0.15, -0.1) is 0 Å². The third kappa shape index (κ3) is 2.78. The first-order valence-corrected chi connectivity index (χ1v) is 5.40. The molecule has 0 aliphatic carbocycles. The van der Waals surface area contributed by atoms with Gasteiger partial charge < -0.3 is 9.84 Å². The van der Waals surface area contributed by atoms with E-state index in [4.69, 9.17) is 21.4 Å². The van der Waals surface area contributed by atoms with Crippen LogP contribution >= 0.6 is 11.6 Å². The molecule has 92 valence electrons. The molecule has 0 bridgehead atoms. The number of aromatic carboxylic acids is 1. The summed E-state index contributed by atoms with van der Waals surface area (Å²) in [7, 11) is 0. The van der Waals surface area contributed by atoms with Crippen LogP contribution in [0.15, 0.2) is 42.5 Å². The summed E-state index contributed by atoms with van der Waals surface area (Å²) in [6.45, 7) is 0. The van der Waals surface area contributed by atoms with E-state index >= 15 is 0 Å². The molecule has 0 saturated heterocycles. The molecule has 0 fully saturated rings. The molecule has 2 rings (SSSR count). The molecule has 0 unspecified atom stereocenters. The minimum atomic E-state index is -1.10. The molecule has 0 aromatic heterocycles. The molecule has 1 N–H and O–H groups in total. The van der Waals surface area contributed by atoms with Gasteiger partial charge in [0.2, 0.25) is 0 Å². The second kappa shape index (κ2) is 5.06. The maximum Gasteiger partial charge on any atom is 0.337 e. The van der Waals surface area contributed by atoms with E-state index in [1.165, 1.54) is 42.5 Å². The van der Waals surface area contributed by atoms with E-state index in [-0.39, 0.29) is 16.4 Å². The molecule has 0 heterocycles. The molecule has 0 atom stereocenters. The first kappa shape index (κ1) is 12.4. The fraction of sp³-hybridized carbons (Fsp3) is 0. The van der Waals surface area contributed by atoms with Crippen molar-refractivity contribution in [2.75, 3.05) is 0 Å². The van der Waals surface area contributed by atoms with Crippen LogP contribution in [0.25, 0.3) is 0 Å². The summed E-state index contributed by atoms with van der Waals surface area (Å²) in [6, 6.07) is 9.70. The summed E-state index contributed by atoms with van der Waals surface area (Å²) < 4.78 is 18.1. The van der Waals surface area contributed by atoms with Crippen LogP contribution < -0.4 is 4.74 Å². The number of rotatable bonds is 3. The second-order valence-electron chi connectivity index (χ2n) is 3.50. The Morgan fingerprint density at radius 2 is 1.72 bits per heavy atom. The molecule has 0 aliphatic rings. The normalized spacial score (nSPS) is 10.1. The molecule has 0 saturated carbocycles. The van der Waals surface area contributed by atoms with Crippen LogP contribution in [0.1, 0.15) is 10.4 Å². The predicted molar refractivity (Wildman–Crippen MR) is 64.9 cm³/mol. The van der Waals surface area contributed by atoms with E-state index in [0.717, 1.165) is 0 Å². The van der Waals surface area contributed by atoms with Crippen molar-refractivity contribution in [2.24, 2.45) is 0 Å². The minimum absolute atomic E-state index is 0.00289. The zero-order valence-corrected chi connectivity index (χ0v) is 9.82. The Bertz CT molecular complexity index is 581. The Morgan fingerprint density at radius 1 is 1.11 bits per heavy atom. The van der Waals surface area contributed by atoms with E-state index in [9.17, 15) is 9.18 Å². The number of hydrogen-bond acceptors (Lipinski definition) is 2. The third-order valence-electron chi connectivity index (χ3n) is 2.22. The number of carboxylic acids is 1. The van der Waals surface area contributed by atoms with Crippen molar-refractivity contribution < 1.29 is 19.0 Å². The van der Waals surface area contributed by atoms with E-state index in [1.54, 1.807) is 0 Å². The fourth-order valence-electron chi connectivity index (χ4n) is 1.37. The van der Waals surface area contributed by atoms with Crippen molar-refractivity contribution in [3.63, 3.8) is 0 Å². The average Bonchev–Trinajstić information content (AvgIpc) is 2.32. The lowest BCUT2D eigenvalue weighted by Crippen LogP contribution is -1.97. The van der Waals surface area contributed by atoms with Crippen molar-refractivity contribution in [1.82, 2.24) is 0 Å². The van der Waals surface area contributed by atoms with Gasteiger partial charge >= 0.3 is 5.97 Å². The second-order valence-corrected chi connectivity index (χ2v) is 3.91. The number of ether oxygens (including phenoxy) is 1. The smallest absolute Gasteiger partial charge is 0.337 e. The topological polar surface area (TPSA) is 46.5 Å². The highest BCUT2D eigenvalue weighted by atomic mass is 35.5. The first-order chi connectivity index (χ1) is 8.56. The van der Waals surface area contributed by atoms with E-state index in [0.29, 0.717) is 11.5 Å². The summed E-state index contributed by atoms with van der Waals surface area (Å²) >= 11 is 5.80. The molecule has 0 amide bonds. The van der Waals surface area contributed by atoms with Crippen molar-refractivity contribution in [1.29, 1.82) is 0 Å². The largest absolute Gasteiger partial charge is 0.478 e. The van der Waals surface area contributed by atoms with Gasteiger partial charge in [0, 0.05) is 6.07 Å². The maximum absolute atomic E-state index is 12.7. The summed E-state index contributed by atoms with van der Waals surface area (Å²) in [5.74, 6) is -0.637. The summed E-state index contributed by atoms with van der Waals surface area (Å²) in [6.07, 6.45) is 0. The van der Waals surface area contributed by atoms with E-state index in [2.05, 4.69) is 0 Å². The van der Waals surface area contributed by atoms with Gasteiger partial charge in [-0.3, -0.25) is 0 Å². The highest BCUT2D eigenvalue weighted by Crippen LogP contribution is 2.26. The summed E-state index contributed by atoms with van der Waals surface area (Å²) in [4.78, 5) is 10.8. The lowest BCUT2D eigenvalue weighted by molar-refractivity contribution is 0.0697. The van der Waals surface area contributed by atoms with Gasteiger partial charge in [-0.1, -0.05) is 11.6 Å². The van der Waals surface area contributed by atoms with Crippen molar-refractivity contribution >= 4 is 17.6 Å². The van der Waals surface area contributed by atoms with Gasteiger partial charge in [-0.25, -0.2) is 9.18 Å². The van der Waals surface area contributed by atoms with Gasteiger partial charge in [0.25, 0.3) is 0 Å². The predicted octanol–water partition coefficient (Wildman–Crippen LogP) is 3.97. The van der Waals surface area contributed by atoms with Gasteiger partial charge in [0.1, 0.15) is 17.3 Å². The zero-order chi connectivity index (χ0) is 13.1.